The molecule has 5 heteroatoms. The van der Waals surface area contributed by atoms with Gasteiger partial charge in [-0.25, -0.2) is 9.98 Å². The van der Waals surface area contributed by atoms with Crippen molar-refractivity contribution in [1.82, 2.24) is 0 Å². The van der Waals surface area contributed by atoms with E-state index in [1.807, 2.05) is 115 Å². The Labute approximate surface area is 313 Å². The molecule has 0 spiro atoms. The normalized spacial score (nSPS) is 13.3. The number of nitrogens with zero attached hydrogens (tertiary/aromatic N) is 2. The summed E-state index contributed by atoms with van der Waals surface area (Å²) in [5.41, 5.74) is 12.2. The van der Waals surface area contributed by atoms with Crippen molar-refractivity contribution in [2.45, 2.75) is 19.3 Å². The summed E-state index contributed by atoms with van der Waals surface area (Å²) in [4.78, 5) is 23.2. The van der Waals surface area contributed by atoms with Gasteiger partial charge in [0.2, 0.25) is 5.43 Å². The van der Waals surface area contributed by atoms with Gasteiger partial charge in [-0.2, -0.15) is 0 Å². The number of fused-ring (bicyclic) bond motifs is 5. The molecule has 5 nitrogen and oxygen atoms in total. The first-order chi connectivity index (χ1) is 26.3. The fraction of sp³-hybridized carbons (Fsp3) is 0.0612. The monoisotopic (exact) mass is 697 g/mol. The number of hydrogen-bond acceptors (Lipinski definition) is 3. The van der Waals surface area contributed by atoms with Gasteiger partial charge in [0, 0.05) is 22.8 Å². The van der Waals surface area contributed by atoms with E-state index in [4.69, 9.17) is 14.4 Å². The van der Waals surface area contributed by atoms with Gasteiger partial charge in [0.1, 0.15) is 11.2 Å². The van der Waals surface area contributed by atoms with Crippen LogP contribution in [0.25, 0.3) is 55.3 Å². The van der Waals surface area contributed by atoms with Crippen molar-refractivity contribution >= 4 is 39.8 Å². The third kappa shape index (κ3) is 5.76. The fourth-order valence-corrected chi connectivity index (χ4v) is 7.62. The zero-order valence-corrected chi connectivity index (χ0v) is 29.9. The summed E-state index contributed by atoms with van der Waals surface area (Å²) < 4.78 is 6.02. The molecule has 1 aliphatic carbocycles. The zero-order valence-electron chi connectivity index (χ0n) is 29.9. The first kappa shape index (κ1) is 32.9. The highest BCUT2D eigenvalue weighted by Crippen LogP contribution is 2.48. The molecule has 1 aromatic heterocycles. The van der Waals surface area contributed by atoms with Crippen molar-refractivity contribution in [1.29, 1.82) is 5.41 Å². The maximum absolute atomic E-state index is 13.3. The lowest BCUT2D eigenvalue weighted by atomic mass is 9.82. The first-order valence-electron chi connectivity index (χ1n) is 18.0. The molecular formula is C49H35N3O2. The van der Waals surface area contributed by atoms with E-state index in [1.165, 1.54) is 22.3 Å². The average molecular weight is 698 g/mol. The predicted molar refractivity (Wildman–Crippen MR) is 222 cm³/mol. The van der Waals surface area contributed by atoms with Crippen LogP contribution in [-0.2, 0) is 5.41 Å². The predicted octanol–water partition coefficient (Wildman–Crippen LogP) is 11.5. The van der Waals surface area contributed by atoms with E-state index in [1.54, 1.807) is 12.3 Å². The minimum atomic E-state index is -0.198. The van der Waals surface area contributed by atoms with Crippen LogP contribution < -0.4 is 5.43 Å². The summed E-state index contributed by atoms with van der Waals surface area (Å²) in [6.45, 7) is 4.51. The lowest BCUT2D eigenvalue weighted by Gasteiger charge is -2.21. The molecule has 0 atom stereocenters. The van der Waals surface area contributed by atoms with Crippen LogP contribution in [-0.4, -0.2) is 17.9 Å². The Bertz CT molecular complexity index is 2880. The van der Waals surface area contributed by atoms with Crippen molar-refractivity contribution < 1.29 is 4.42 Å². The van der Waals surface area contributed by atoms with Crippen LogP contribution in [0, 0.1) is 5.41 Å². The van der Waals surface area contributed by atoms with Crippen molar-refractivity contribution in [3.8, 4) is 33.4 Å². The minimum absolute atomic E-state index is 0.0416. The van der Waals surface area contributed by atoms with Crippen LogP contribution in [0.15, 0.2) is 183 Å². The lowest BCUT2D eigenvalue weighted by Crippen LogP contribution is -2.16. The first-order valence-corrected chi connectivity index (χ1v) is 18.0. The fourth-order valence-electron chi connectivity index (χ4n) is 7.62. The van der Waals surface area contributed by atoms with Gasteiger partial charge in [0.25, 0.3) is 0 Å². The molecule has 1 aliphatic rings. The van der Waals surface area contributed by atoms with Gasteiger partial charge in [0.15, 0.2) is 11.7 Å². The Kier molecular flexibility index (Phi) is 8.05. The molecule has 7 aromatic carbocycles. The van der Waals surface area contributed by atoms with E-state index in [0.29, 0.717) is 27.8 Å². The molecular weight excluding hydrogens is 663 g/mol. The molecule has 0 saturated carbocycles. The van der Waals surface area contributed by atoms with Gasteiger partial charge in [-0.3, -0.25) is 10.2 Å². The zero-order chi connectivity index (χ0) is 36.8. The topological polar surface area (TPSA) is 78.8 Å². The third-order valence-electron chi connectivity index (χ3n) is 10.5. The lowest BCUT2D eigenvalue weighted by molar-refractivity contribution is 0.660. The molecule has 1 heterocycles. The second-order valence-electron chi connectivity index (χ2n) is 14.1. The Balaban J connectivity index is 1.09. The molecule has 0 aliphatic heterocycles. The second kappa shape index (κ2) is 13.2. The Morgan fingerprint density at radius 1 is 0.593 bits per heavy atom. The average Bonchev–Trinajstić information content (AvgIpc) is 3.45. The molecule has 0 fully saturated rings. The van der Waals surface area contributed by atoms with E-state index >= 15 is 0 Å². The molecule has 8 aromatic rings. The molecule has 9 rings (SSSR count). The van der Waals surface area contributed by atoms with E-state index in [9.17, 15) is 10.2 Å². The van der Waals surface area contributed by atoms with E-state index < -0.39 is 0 Å². The maximum Gasteiger partial charge on any atom is 0.200 e. The van der Waals surface area contributed by atoms with Gasteiger partial charge < -0.3 is 4.42 Å². The number of amidine groups is 2. The quantitative estimate of drug-likeness (QED) is 0.110. The highest BCUT2D eigenvalue weighted by atomic mass is 16.3. The van der Waals surface area contributed by atoms with Crippen molar-refractivity contribution in [2.75, 3.05) is 0 Å². The van der Waals surface area contributed by atoms with E-state index in [0.717, 1.165) is 38.9 Å². The van der Waals surface area contributed by atoms with Gasteiger partial charge in [0.05, 0.1) is 10.8 Å². The van der Waals surface area contributed by atoms with Gasteiger partial charge in [-0.1, -0.05) is 147 Å². The van der Waals surface area contributed by atoms with Gasteiger partial charge >= 0.3 is 0 Å². The van der Waals surface area contributed by atoms with Crippen LogP contribution in [0.5, 0.6) is 0 Å². The van der Waals surface area contributed by atoms with Crippen molar-refractivity contribution in [3.05, 3.63) is 202 Å². The highest BCUT2D eigenvalue weighted by Gasteiger charge is 2.35. The van der Waals surface area contributed by atoms with Crippen LogP contribution >= 0.6 is 0 Å². The Morgan fingerprint density at radius 2 is 1.26 bits per heavy atom. The SMILES string of the molecule is CC1(C)c2ccccc2-c2ccc(C(N=Cc3ccc(-c4ccc5oc6ccccc6c(=O)c5c4)cc3)=NC(=N)c3ccccc3-c3ccccc3)cc21. The molecule has 0 radical (unpaired) electrons. The Morgan fingerprint density at radius 3 is 2.09 bits per heavy atom. The summed E-state index contributed by atoms with van der Waals surface area (Å²) in [7, 11) is 0. The van der Waals surface area contributed by atoms with Crippen LogP contribution in [0.4, 0.5) is 0 Å². The van der Waals surface area contributed by atoms with Crippen LogP contribution in [0.1, 0.15) is 41.7 Å². The van der Waals surface area contributed by atoms with Crippen LogP contribution in [0.3, 0.4) is 0 Å². The summed E-state index contributed by atoms with van der Waals surface area (Å²) >= 11 is 0. The number of aliphatic imine (C=N–C) groups is 2. The summed E-state index contributed by atoms with van der Waals surface area (Å²) in [5.74, 6) is 0.587. The number of benzene rings is 7. The van der Waals surface area contributed by atoms with Gasteiger partial charge in [-0.05, 0) is 80.4 Å². The third-order valence-corrected chi connectivity index (χ3v) is 10.5. The number of para-hydroxylation sites is 1. The standard InChI is InChI=1S/C49H35N3O2/c1-49(2)42-18-10-8-15-37(42)38-26-24-35(29-43(38)49)48(52-47(50)39-16-7-6-14-36(39)33-12-4-3-5-13-33)51-30-31-20-22-32(23-21-31)34-25-27-45-41(28-34)46(53)40-17-9-11-19-44(40)54-45/h3-30,50H,1-2H3. The van der Waals surface area contributed by atoms with Crippen molar-refractivity contribution in [3.63, 3.8) is 0 Å². The summed E-state index contributed by atoms with van der Waals surface area (Å²) in [5, 5.41) is 10.4. The maximum atomic E-state index is 13.3. The molecule has 0 saturated heterocycles. The number of rotatable bonds is 5. The summed E-state index contributed by atoms with van der Waals surface area (Å²) in [6.07, 6.45) is 1.80. The van der Waals surface area contributed by atoms with E-state index in [2.05, 4.69) is 56.3 Å². The molecule has 54 heavy (non-hydrogen) atoms. The molecule has 1 N–H and O–H groups in total. The smallest absolute Gasteiger partial charge is 0.200 e. The van der Waals surface area contributed by atoms with Crippen LogP contribution in [0.2, 0.25) is 0 Å². The molecule has 0 bridgehead atoms. The number of nitrogens with one attached hydrogen (secondary N) is 1. The molecule has 0 amide bonds. The molecule has 258 valence electrons. The summed E-state index contributed by atoms with van der Waals surface area (Å²) in [6, 6.07) is 54.1. The van der Waals surface area contributed by atoms with Crippen molar-refractivity contribution in [2.24, 2.45) is 9.98 Å². The highest BCUT2D eigenvalue weighted by molar-refractivity contribution is 6.15. The molecule has 0 unspecified atom stereocenters. The second-order valence-corrected chi connectivity index (χ2v) is 14.1. The van der Waals surface area contributed by atoms with Gasteiger partial charge in [-0.15, -0.1) is 0 Å². The largest absolute Gasteiger partial charge is 0.456 e. The Hall–Kier alpha value is -6.98. The minimum Gasteiger partial charge on any atom is -0.456 e. The number of hydrogen-bond donors (Lipinski definition) is 1. The van der Waals surface area contributed by atoms with E-state index in [-0.39, 0.29) is 16.7 Å².